The third kappa shape index (κ3) is 2.57. The van der Waals surface area contributed by atoms with E-state index in [2.05, 4.69) is 58.6 Å². The highest BCUT2D eigenvalue weighted by atomic mass is 15.4. The van der Waals surface area contributed by atoms with Crippen molar-refractivity contribution in [2.75, 3.05) is 0 Å². The van der Waals surface area contributed by atoms with E-state index < -0.39 is 0 Å². The molecule has 4 nitrogen and oxygen atoms in total. The molecular formula is C15H16N4. The molecule has 0 atom stereocenters. The van der Waals surface area contributed by atoms with Crippen molar-refractivity contribution in [3.8, 4) is 0 Å². The summed E-state index contributed by atoms with van der Waals surface area (Å²) in [6, 6.07) is 10.5. The summed E-state index contributed by atoms with van der Waals surface area (Å²) < 4.78 is 1.85. The Morgan fingerprint density at radius 1 is 1.37 bits per heavy atom. The Balaban J connectivity index is 1.79. The SMILES string of the molecule is C/C=C(/Cc1cc2ccccc2[nH]1)Cn1ccnn1. The van der Waals surface area contributed by atoms with E-state index in [0.717, 1.165) is 13.0 Å². The van der Waals surface area contributed by atoms with Gasteiger partial charge in [0.15, 0.2) is 0 Å². The largest absolute Gasteiger partial charge is 0.358 e. The molecule has 96 valence electrons. The maximum absolute atomic E-state index is 4.00. The maximum Gasteiger partial charge on any atom is 0.0693 e. The number of para-hydroxylation sites is 1. The van der Waals surface area contributed by atoms with Crippen molar-refractivity contribution in [3.05, 3.63) is 60.1 Å². The van der Waals surface area contributed by atoms with E-state index in [1.54, 1.807) is 6.20 Å². The fraction of sp³-hybridized carbons (Fsp3) is 0.200. The first kappa shape index (κ1) is 11.7. The van der Waals surface area contributed by atoms with Crippen LogP contribution in [0.5, 0.6) is 0 Å². The number of benzene rings is 1. The molecule has 0 fully saturated rings. The first-order chi connectivity index (χ1) is 9.35. The van der Waals surface area contributed by atoms with Crippen LogP contribution >= 0.6 is 0 Å². The van der Waals surface area contributed by atoms with E-state index in [-0.39, 0.29) is 0 Å². The number of H-pyrrole nitrogens is 1. The standard InChI is InChI=1S/C15H16N4/c1-2-12(11-19-8-7-16-18-19)9-14-10-13-5-3-4-6-15(13)17-14/h2-8,10,17H,9,11H2,1H3/b12-2-. The lowest BCUT2D eigenvalue weighted by atomic mass is 10.1. The molecule has 0 aliphatic heterocycles. The second-order valence-electron chi connectivity index (χ2n) is 4.61. The van der Waals surface area contributed by atoms with Gasteiger partial charge in [0.1, 0.15) is 0 Å². The molecule has 2 aromatic heterocycles. The molecule has 0 saturated carbocycles. The number of nitrogens with one attached hydrogen (secondary N) is 1. The molecule has 4 heteroatoms. The van der Waals surface area contributed by atoms with E-state index in [1.807, 2.05) is 10.9 Å². The number of fused-ring (bicyclic) bond motifs is 1. The molecule has 0 aliphatic carbocycles. The monoisotopic (exact) mass is 252 g/mol. The second kappa shape index (κ2) is 5.10. The molecular weight excluding hydrogens is 236 g/mol. The van der Waals surface area contributed by atoms with Gasteiger partial charge < -0.3 is 4.98 Å². The van der Waals surface area contributed by atoms with E-state index in [9.17, 15) is 0 Å². The van der Waals surface area contributed by atoms with Gasteiger partial charge in [0.25, 0.3) is 0 Å². The highest BCUT2D eigenvalue weighted by Crippen LogP contribution is 2.17. The molecule has 19 heavy (non-hydrogen) atoms. The van der Waals surface area contributed by atoms with E-state index in [1.165, 1.54) is 22.2 Å². The quantitative estimate of drug-likeness (QED) is 0.726. The van der Waals surface area contributed by atoms with Crippen LogP contribution in [-0.2, 0) is 13.0 Å². The Morgan fingerprint density at radius 3 is 3.00 bits per heavy atom. The zero-order valence-corrected chi connectivity index (χ0v) is 10.9. The van der Waals surface area contributed by atoms with Gasteiger partial charge in [0, 0.05) is 23.8 Å². The lowest BCUT2D eigenvalue weighted by molar-refractivity contribution is 0.632. The van der Waals surface area contributed by atoms with Crippen molar-refractivity contribution in [1.29, 1.82) is 0 Å². The van der Waals surface area contributed by atoms with Crippen LogP contribution in [-0.4, -0.2) is 20.0 Å². The van der Waals surface area contributed by atoms with Crippen LogP contribution in [0.4, 0.5) is 0 Å². The molecule has 0 radical (unpaired) electrons. The summed E-state index contributed by atoms with van der Waals surface area (Å²) in [5.74, 6) is 0. The molecule has 0 spiro atoms. The Kier molecular flexibility index (Phi) is 3.14. The number of aromatic nitrogens is 4. The Bertz CT molecular complexity index is 659. The van der Waals surface area contributed by atoms with Gasteiger partial charge in [-0.1, -0.05) is 29.5 Å². The highest BCUT2D eigenvalue weighted by molar-refractivity contribution is 5.80. The van der Waals surface area contributed by atoms with Crippen LogP contribution in [0.2, 0.25) is 0 Å². The zero-order chi connectivity index (χ0) is 13.1. The Morgan fingerprint density at radius 2 is 2.26 bits per heavy atom. The molecule has 0 unspecified atom stereocenters. The van der Waals surface area contributed by atoms with Gasteiger partial charge in [-0.25, -0.2) is 4.68 Å². The molecule has 1 aromatic carbocycles. The van der Waals surface area contributed by atoms with Crippen molar-refractivity contribution in [2.45, 2.75) is 19.9 Å². The van der Waals surface area contributed by atoms with E-state index >= 15 is 0 Å². The van der Waals surface area contributed by atoms with Crippen molar-refractivity contribution < 1.29 is 0 Å². The third-order valence-corrected chi connectivity index (χ3v) is 3.25. The lowest BCUT2D eigenvalue weighted by Gasteiger charge is -2.05. The third-order valence-electron chi connectivity index (χ3n) is 3.25. The average Bonchev–Trinajstić information content (AvgIpc) is 3.06. The minimum atomic E-state index is 0.784. The summed E-state index contributed by atoms with van der Waals surface area (Å²) in [6.45, 7) is 2.85. The summed E-state index contributed by atoms with van der Waals surface area (Å²) in [7, 11) is 0. The second-order valence-corrected chi connectivity index (χ2v) is 4.61. The summed E-state index contributed by atoms with van der Waals surface area (Å²) in [5, 5.41) is 9.09. The first-order valence-electron chi connectivity index (χ1n) is 6.40. The van der Waals surface area contributed by atoms with Crippen LogP contribution in [0.1, 0.15) is 12.6 Å². The molecule has 3 aromatic rings. The van der Waals surface area contributed by atoms with Crippen LogP contribution in [0.3, 0.4) is 0 Å². The topological polar surface area (TPSA) is 46.5 Å². The van der Waals surface area contributed by atoms with Crippen LogP contribution in [0.25, 0.3) is 10.9 Å². The summed E-state index contributed by atoms with van der Waals surface area (Å²) in [5.41, 5.74) is 3.74. The number of nitrogens with zero attached hydrogens (tertiary/aromatic N) is 3. The van der Waals surface area contributed by atoms with Gasteiger partial charge in [-0.3, -0.25) is 0 Å². The number of hydrogen-bond donors (Lipinski definition) is 1. The molecule has 0 aliphatic rings. The number of hydrogen-bond acceptors (Lipinski definition) is 2. The van der Waals surface area contributed by atoms with Gasteiger partial charge in [-0.05, 0) is 30.0 Å². The van der Waals surface area contributed by atoms with Crippen molar-refractivity contribution in [2.24, 2.45) is 0 Å². The fourth-order valence-corrected chi connectivity index (χ4v) is 2.25. The molecule has 0 saturated heterocycles. The Labute approximate surface area is 111 Å². The Hall–Kier alpha value is -2.36. The average molecular weight is 252 g/mol. The smallest absolute Gasteiger partial charge is 0.0693 e. The minimum Gasteiger partial charge on any atom is -0.358 e. The molecule has 0 amide bonds. The first-order valence-corrected chi connectivity index (χ1v) is 6.40. The number of aromatic amines is 1. The number of rotatable bonds is 4. The van der Waals surface area contributed by atoms with Gasteiger partial charge in [0.05, 0.1) is 12.7 Å². The molecule has 1 N–H and O–H groups in total. The predicted molar refractivity (Wildman–Crippen MR) is 75.8 cm³/mol. The number of allylic oxidation sites excluding steroid dienone is 2. The normalized spacial score (nSPS) is 12.2. The minimum absolute atomic E-state index is 0.784. The van der Waals surface area contributed by atoms with Gasteiger partial charge in [-0.2, -0.15) is 0 Å². The van der Waals surface area contributed by atoms with Crippen LogP contribution < -0.4 is 0 Å². The van der Waals surface area contributed by atoms with Crippen molar-refractivity contribution >= 4 is 10.9 Å². The van der Waals surface area contributed by atoms with Gasteiger partial charge in [-0.15, -0.1) is 5.10 Å². The fourth-order valence-electron chi connectivity index (χ4n) is 2.25. The van der Waals surface area contributed by atoms with Crippen LogP contribution in [0, 0.1) is 0 Å². The van der Waals surface area contributed by atoms with Gasteiger partial charge in [0.2, 0.25) is 0 Å². The molecule has 3 rings (SSSR count). The summed E-state index contributed by atoms with van der Waals surface area (Å²) >= 11 is 0. The van der Waals surface area contributed by atoms with Crippen molar-refractivity contribution in [3.63, 3.8) is 0 Å². The predicted octanol–water partition coefficient (Wildman–Crippen LogP) is 2.95. The molecule has 0 bridgehead atoms. The van der Waals surface area contributed by atoms with Crippen molar-refractivity contribution in [1.82, 2.24) is 20.0 Å². The molecule has 2 heterocycles. The maximum atomic E-state index is 4.00. The summed E-state index contributed by atoms with van der Waals surface area (Å²) in [6.07, 6.45) is 6.64. The van der Waals surface area contributed by atoms with Crippen LogP contribution in [0.15, 0.2) is 54.4 Å². The zero-order valence-electron chi connectivity index (χ0n) is 10.9. The lowest BCUT2D eigenvalue weighted by Crippen LogP contribution is -2.04. The van der Waals surface area contributed by atoms with E-state index in [0.29, 0.717) is 0 Å². The van der Waals surface area contributed by atoms with E-state index in [4.69, 9.17) is 0 Å². The van der Waals surface area contributed by atoms with Gasteiger partial charge >= 0.3 is 0 Å². The summed E-state index contributed by atoms with van der Waals surface area (Å²) in [4.78, 5) is 3.45. The highest BCUT2D eigenvalue weighted by Gasteiger charge is 2.04.